The zero-order chi connectivity index (χ0) is 12.8. The molecular weight excluding hydrogens is 216 g/mol. The summed E-state index contributed by atoms with van der Waals surface area (Å²) in [5.41, 5.74) is 2.23. The van der Waals surface area contributed by atoms with Crippen LogP contribution < -0.4 is 10.6 Å². The van der Waals surface area contributed by atoms with Crippen molar-refractivity contribution >= 4 is 11.8 Å². The van der Waals surface area contributed by atoms with Crippen LogP contribution in [0.5, 0.6) is 0 Å². The SMILES string of the molecule is CCc1ccc(C(C)NC(=O)C(=O)NC)cc1. The monoisotopic (exact) mass is 234 g/mol. The summed E-state index contributed by atoms with van der Waals surface area (Å²) in [6.45, 7) is 3.94. The first kappa shape index (κ1) is 13.2. The molecule has 0 bridgehead atoms. The smallest absolute Gasteiger partial charge is 0.309 e. The molecule has 1 aromatic carbocycles. The lowest BCUT2D eigenvalue weighted by atomic mass is 10.1. The number of likely N-dealkylation sites (N-methyl/N-ethyl adjacent to an activating group) is 1. The van der Waals surface area contributed by atoms with Gasteiger partial charge in [-0.05, 0) is 24.5 Å². The van der Waals surface area contributed by atoms with Crippen LogP contribution in [0.25, 0.3) is 0 Å². The molecule has 92 valence electrons. The highest BCUT2D eigenvalue weighted by Crippen LogP contribution is 2.13. The number of benzene rings is 1. The van der Waals surface area contributed by atoms with Gasteiger partial charge in [0.1, 0.15) is 0 Å². The van der Waals surface area contributed by atoms with E-state index in [1.165, 1.54) is 12.6 Å². The third-order valence-electron chi connectivity index (χ3n) is 2.67. The van der Waals surface area contributed by atoms with Gasteiger partial charge in [0, 0.05) is 7.05 Å². The van der Waals surface area contributed by atoms with E-state index >= 15 is 0 Å². The van der Waals surface area contributed by atoms with Crippen LogP contribution in [0.2, 0.25) is 0 Å². The number of aryl methyl sites for hydroxylation is 1. The van der Waals surface area contributed by atoms with E-state index in [2.05, 4.69) is 17.6 Å². The van der Waals surface area contributed by atoms with Gasteiger partial charge in [0.15, 0.2) is 0 Å². The molecule has 1 aromatic rings. The third-order valence-corrected chi connectivity index (χ3v) is 2.67. The predicted molar refractivity (Wildman–Crippen MR) is 66.4 cm³/mol. The minimum absolute atomic E-state index is 0.175. The molecule has 2 amide bonds. The van der Waals surface area contributed by atoms with Gasteiger partial charge in [-0.15, -0.1) is 0 Å². The van der Waals surface area contributed by atoms with Gasteiger partial charge < -0.3 is 10.6 Å². The minimum atomic E-state index is -0.623. The molecule has 1 atom stereocenters. The molecule has 0 radical (unpaired) electrons. The average molecular weight is 234 g/mol. The van der Waals surface area contributed by atoms with Crippen LogP contribution in [-0.2, 0) is 16.0 Å². The molecule has 0 saturated heterocycles. The van der Waals surface area contributed by atoms with Crippen molar-refractivity contribution in [1.29, 1.82) is 0 Å². The third kappa shape index (κ3) is 3.59. The molecule has 0 spiro atoms. The van der Waals surface area contributed by atoms with Gasteiger partial charge in [0.2, 0.25) is 0 Å². The van der Waals surface area contributed by atoms with E-state index in [1.807, 2.05) is 31.2 Å². The van der Waals surface area contributed by atoms with Gasteiger partial charge in [-0.1, -0.05) is 31.2 Å². The van der Waals surface area contributed by atoms with Crippen molar-refractivity contribution in [3.8, 4) is 0 Å². The van der Waals surface area contributed by atoms with Crippen LogP contribution in [-0.4, -0.2) is 18.9 Å². The Morgan fingerprint density at radius 3 is 2.24 bits per heavy atom. The number of amides is 2. The van der Waals surface area contributed by atoms with Crippen LogP contribution in [0.4, 0.5) is 0 Å². The Balaban J connectivity index is 2.66. The summed E-state index contributed by atoms with van der Waals surface area (Å²) in [5.74, 6) is -1.23. The topological polar surface area (TPSA) is 58.2 Å². The van der Waals surface area contributed by atoms with E-state index in [4.69, 9.17) is 0 Å². The zero-order valence-electron chi connectivity index (χ0n) is 10.4. The van der Waals surface area contributed by atoms with Crippen molar-refractivity contribution in [1.82, 2.24) is 10.6 Å². The van der Waals surface area contributed by atoms with Crippen LogP contribution in [0.1, 0.15) is 31.0 Å². The molecule has 1 unspecified atom stereocenters. The number of nitrogens with one attached hydrogen (secondary N) is 2. The Morgan fingerprint density at radius 1 is 1.18 bits per heavy atom. The molecule has 2 N–H and O–H groups in total. The highest BCUT2D eigenvalue weighted by atomic mass is 16.2. The highest BCUT2D eigenvalue weighted by Gasteiger charge is 2.15. The van der Waals surface area contributed by atoms with E-state index in [0.717, 1.165) is 12.0 Å². The molecule has 1 rings (SSSR count). The first-order valence-electron chi connectivity index (χ1n) is 5.69. The fourth-order valence-corrected chi connectivity index (χ4v) is 1.50. The number of hydrogen-bond acceptors (Lipinski definition) is 2. The van der Waals surface area contributed by atoms with Gasteiger partial charge in [-0.2, -0.15) is 0 Å². The van der Waals surface area contributed by atoms with E-state index in [9.17, 15) is 9.59 Å². The Labute approximate surface area is 101 Å². The molecule has 0 saturated carbocycles. The Morgan fingerprint density at radius 2 is 1.76 bits per heavy atom. The van der Waals surface area contributed by atoms with Crippen molar-refractivity contribution in [3.63, 3.8) is 0 Å². The summed E-state index contributed by atoms with van der Waals surface area (Å²) in [7, 11) is 1.43. The van der Waals surface area contributed by atoms with Crippen molar-refractivity contribution in [2.75, 3.05) is 7.05 Å². The predicted octanol–water partition coefficient (Wildman–Crippen LogP) is 1.17. The van der Waals surface area contributed by atoms with E-state index in [0.29, 0.717) is 0 Å². The first-order chi connectivity index (χ1) is 8.08. The standard InChI is InChI=1S/C13H18N2O2/c1-4-10-5-7-11(8-6-10)9(2)15-13(17)12(16)14-3/h5-9H,4H2,1-3H3,(H,14,16)(H,15,17). The van der Waals surface area contributed by atoms with Gasteiger partial charge in [0.05, 0.1) is 6.04 Å². The summed E-state index contributed by atoms with van der Waals surface area (Å²) in [6.07, 6.45) is 0.985. The summed E-state index contributed by atoms with van der Waals surface area (Å²) in [6, 6.07) is 7.81. The number of hydrogen-bond donors (Lipinski definition) is 2. The second-order valence-electron chi connectivity index (χ2n) is 3.87. The number of carbonyl (C=O) groups excluding carboxylic acids is 2. The quantitative estimate of drug-likeness (QED) is 0.771. The minimum Gasteiger partial charge on any atom is -0.351 e. The fraction of sp³-hybridized carbons (Fsp3) is 0.385. The van der Waals surface area contributed by atoms with Crippen molar-refractivity contribution in [3.05, 3.63) is 35.4 Å². The van der Waals surface area contributed by atoms with Gasteiger partial charge >= 0.3 is 11.8 Å². The second-order valence-corrected chi connectivity index (χ2v) is 3.87. The second kappa shape index (κ2) is 6.03. The van der Waals surface area contributed by atoms with Crippen LogP contribution in [0.15, 0.2) is 24.3 Å². The van der Waals surface area contributed by atoms with Crippen LogP contribution >= 0.6 is 0 Å². The molecule has 0 aromatic heterocycles. The summed E-state index contributed by atoms with van der Waals surface area (Å²) < 4.78 is 0. The average Bonchev–Trinajstić information content (AvgIpc) is 2.37. The van der Waals surface area contributed by atoms with Crippen molar-refractivity contribution in [2.45, 2.75) is 26.3 Å². The van der Waals surface area contributed by atoms with Crippen molar-refractivity contribution in [2.24, 2.45) is 0 Å². The number of carbonyl (C=O) groups is 2. The van der Waals surface area contributed by atoms with E-state index < -0.39 is 11.8 Å². The lowest BCUT2D eigenvalue weighted by molar-refractivity contribution is -0.139. The molecule has 17 heavy (non-hydrogen) atoms. The maximum atomic E-state index is 11.4. The molecule has 4 heteroatoms. The summed E-state index contributed by atoms with van der Waals surface area (Å²) >= 11 is 0. The highest BCUT2D eigenvalue weighted by molar-refractivity contribution is 6.35. The molecule has 0 heterocycles. The van der Waals surface area contributed by atoms with Crippen LogP contribution in [0, 0.1) is 0 Å². The number of rotatable bonds is 3. The summed E-state index contributed by atoms with van der Waals surface area (Å²) in [4.78, 5) is 22.4. The lowest BCUT2D eigenvalue weighted by Crippen LogP contribution is -2.39. The largest absolute Gasteiger partial charge is 0.351 e. The maximum absolute atomic E-state index is 11.4. The van der Waals surface area contributed by atoms with Gasteiger partial charge in [-0.3, -0.25) is 9.59 Å². The molecule has 0 aliphatic rings. The lowest BCUT2D eigenvalue weighted by Gasteiger charge is -2.13. The van der Waals surface area contributed by atoms with Crippen molar-refractivity contribution < 1.29 is 9.59 Å². The van der Waals surface area contributed by atoms with E-state index in [1.54, 1.807) is 0 Å². The molecule has 0 aliphatic heterocycles. The summed E-state index contributed by atoms with van der Waals surface area (Å²) in [5, 5.41) is 4.92. The maximum Gasteiger partial charge on any atom is 0.309 e. The zero-order valence-corrected chi connectivity index (χ0v) is 10.4. The normalized spacial score (nSPS) is 11.7. The molecular formula is C13H18N2O2. The Bertz CT molecular complexity index is 398. The molecule has 4 nitrogen and oxygen atoms in total. The van der Waals surface area contributed by atoms with E-state index in [-0.39, 0.29) is 6.04 Å². The van der Waals surface area contributed by atoms with Gasteiger partial charge in [0.25, 0.3) is 0 Å². The Hall–Kier alpha value is -1.84. The molecule has 0 fully saturated rings. The fourth-order valence-electron chi connectivity index (χ4n) is 1.50. The molecule has 0 aliphatic carbocycles. The first-order valence-corrected chi connectivity index (χ1v) is 5.69. The van der Waals surface area contributed by atoms with Gasteiger partial charge in [-0.25, -0.2) is 0 Å². The Kier molecular flexibility index (Phi) is 4.69. The van der Waals surface area contributed by atoms with Crippen LogP contribution in [0.3, 0.4) is 0 Å².